The molecule has 2 aliphatic rings. The zero-order chi connectivity index (χ0) is 29.3. The molecular weight excluding hydrogens is 556 g/mol. The molecule has 2 aromatic carbocycles. The molecule has 0 saturated carbocycles. The van der Waals surface area contributed by atoms with Gasteiger partial charge < -0.3 is 19.9 Å². The molecule has 1 aromatic heterocycles. The van der Waals surface area contributed by atoms with Gasteiger partial charge in [0.2, 0.25) is 11.8 Å². The Bertz CT molecular complexity index is 1560. The van der Waals surface area contributed by atoms with Gasteiger partial charge in [-0.15, -0.1) is 0 Å². The Morgan fingerprint density at radius 1 is 1.20 bits per heavy atom. The quantitative estimate of drug-likeness (QED) is 0.313. The van der Waals surface area contributed by atoms with Crippen LogP contribution < -0.4 is 10.6 Å². The maximum absolute atomic E-state index is 14.7. The minimum Gasteiger partial charge on any atom is -0.453 e. The highest BCUT2D eigenvalue weighted by Gasteiger charge is 2.32. The average Bonchev–Trinajstić information content (AvgIpc) is 3.43. The van der Waals surface area contributed by atoms with E-state index in [4.69, 9.17) is 11.6 Å². The van der Waals surface area contributed by atoms with Crippen LogP contribution in [0.1, 0.15) is 50.0 Å². The first-order valence-corrected chi connectivity index (χ1v) is 13.5. The van der Waals surface area contributed by atoms with Crippen LogP contribution in [0.5, 0.6) is 0 Å². The van der Waals surface area contributed by atoms with Crippen molar-refractivity contribution in [2.45, 2.75) is 38.6 Å². The fourth-order valence-electron chi connectivity index (χ4n) is 5.20. The fourth-order valence-corrected chi connectivity index (χ4v) is 5.36. The molecule has 0 radical (unpaired) electrons. The summed E-state index contributed by atoms with van der Waals surface area (Å²) in [5.74, 6) is -2.05. The van der Waals surface area contributed by atoms with Crippen LogP contribution >= 0.6 is 11.6 Å². The number of halogens is 3. The number of benzene rings is 2. The van der Waals surface area contributed by atoms with Gasteiger partial charge in [-0.2, -0.15) is 0 Å². The fraction of sp³-hybridized carbons (Fsp3) is 0.310. The lowest BCUT2D eigenvalue weighted by atomic mass is 9.95. The molecule has 12 heteroatoms. The lowest BCUT2D eigenvalue weighted by molar-refractivity contribution is -0.129. The molecule has 0 saturated heterocycles. The van der Waals surface area contributed by atoms with E-state index in [-0.39, 0.29) is 40.9 Å². The molecule has 0 fully saturated rings. The topological polar surface area (TPSA) is 116 Å². The van der Waals surface area contributed by atoms with E-state index in [9.17, 15) is 23.2 Å². The monoisotopic (exact) mass is 583 g/mol. The Morgan fingerprint density at radius 3 is 2.76 bits per heavy atom. The predicted octanol–water partition coefficient (Wildman–Crippen LogP) is 6.30. The number of rotatable bonds is 3. The summed E-state index contributed by atoms with van der Waals surface area (Å²) in [5.41, 5.74) is 2.09. The lowest BCUT2D eigenvalue weighted by Gasteiger charge is -2.33. The lowest BCUT2D eigenvalue weighted by Crippen LogP contribution is -2.38. The first-order valence-electron chi connectivity index (χ1n) is 13.2. The van der Waals surface area contributed by atoms with Gasteiger partial charge in [0, 0.05) is 29.8 Å². The number of anilines is 2. The van der Waals surface area contributed by atoms with Gasteiger partial charge in [-0.05, 0) is 55.2 Å². The van der Waals surface area contributed by atoms with Gasteiger partial charge in [0.1, 0.15) is 11.6 Å². The van der Waals surface area contributed by atoms with Crippen molar-refractivity contribution in [1.82, 2.24) is 14.9 Å². The number of carbonyl (C=O) groups is 3. The molecule has 3 aromatic rings. The van der Waals surface area contributed by atoms with Crippen LogP contribution in [-0.2, 0) is 14.3 Å². The Morgan fingerprint density at radius 2 is 2.00 bits per heavy atom. The van der Waals surface area contributed by atoms with Crippen molar-refractivity contribution in [1.29, 1.82) is 0 Å². The van der Waals surface area contributed by atoms with E-state index in [0.717, 1.165) is 12.1 Å². The maximum Gasteiger partial charge on any atom is 0.411 e. The number of aromatic nitrogens is 2. The van der Waals surface area contributed by atoms with Crippen molar-refractivity contribution < 1.29 is 27.9 Å². The SMILES string of the molecule is COC(=O)Nc1ccc2c(c1)NC(=O)C(C)CCCC(N1CCC(c3c(F)ccc(Cl)c3F)=CC1=O)c1ncc-2[nH]1. The molecule has 2 bridgehead atoms. The zero-order valence-electron chi connectivity index (χ0n) is 22.4. The van der Waals surface area contributed by atoms with Gasteiger partial charge >= 0.3 is 6.09 Å². The number of imidazole rings is 1. The summed E-state index contributed by atoms with van der Waals surface area (Å²) in [5, 5.41) is 5.33. The van der Waals surface area contributed by atoms with Crippen LogP contribution in [-0.4, -0.2) is 46.4 Å². The molecule has 5 rings (SSSR count). The van der Waals surface area contributed by atoms with E-state index in [1.165, 1.54) is 13.2 Å². The highest BCUT2D eigenvalue weighted by molar-refractivity contribution is 6.31. The summed E-state index contributed by atoms with van der Waals surface area (Å²) in [6.45, 7) is 2.04. The van der Waals surface area contributed by atoms with E-state index in [1.807, 2.05) is 6.92 Å². The number of H-pyrrole nitrogens is 1. The number of ether oxygens (including phenoxy) is 1. The Kier molecular flexibility index (Phi) is 8.07. The number of carbonyl (C=O) groups excluding carboxylic acids is 3. The summed E-state index contributed by atoms with van der Waals surface area (Å²) in [6, 6.07) is 6.81. The van der Waals surface area contributed by atoms with Crippen molar-refractivity contribution in [2.24, 2.45) is 5.92 Å². The number of hydrogen-bond acceptors (Lipinski definition) is 5. The van der Waals surface area contributed by atoms with E-state index < -0.39 is 29.7 Å². The van der Waals surface area contributed by atoms with E-state index >= 15 is 0 Å². The Labute approximate surface area is 239 Å². The highest BCUT2D eigenvalue weighted by atomic mass is 35.5. The van der Waals surface area contributed by atoms with Crippen molar-refractivity contribution in [3.8, 4) is 11.3 Å². The number of hydrogen-bond donors (Lipinski definition) is 3. The molecule has 2 aliphatic heterocycles. The third-order valence-corrected chi connectivity index (χ3v) is 7.71. The van der Waals surface area contributed by atoms with Crippen molar-refractivity contribution in [3.63, 3.8) is 0 Å². The van der Waals surface area contributed by atoms with Gasteiger partial charge in [-0.1, -0.05) is 24.9 Å². The number of amides is 3. The second kappa shape index (κ2) is 11.7. The second-order valence-electron chi connectivity index (χ2n) is 10.1. The van der Waals surface area contributed by atoms with Gasteiger partial charge in [-0.25, -0.2) is 18.6 Å². The molecule has 3 N–H and O–H groups in total. The van der Waals surface area contributed by atoms with Gasteiger partial charge in [0.05, 0.1) is 41.3 Å². The molecule has 0 spiro atoms. The predicted molar refractivity (Wildman–Crippen MR) is 150 cm³/mol. The van der Waals surface area contributed by atoms with Crippen LogP contribution in [0.4, 0.5) is 25.0 Å². The molecular formula is C29H28ClF2N5O4. The van der Waals surface area contributed by atoms with Gasteiger partial charge in [-0.3, -0.25) is 14.9 Å². The summed E-state index contributed by atoms with van der Waals surface area (Å²) in [4.78, 5) is 47.6. The standard InChI is InChI=1S/C29H28ClF2N5O4/c1-15-4-3-5-23(37-11-10-16(12-24(37)38)25-20(31)9-8-19(30)26(25)32)27-33-14-22(35-27)18-7-6-17(34-29(40)41-2)13-21(18)36-28(15)39/h6-9,12-15,23H,3-5,10-11H2,1-2H3,(H,33,35)(H,34,40)(H,36,39). The molecule has 2 unspecified atom stereocenters. The van der Waals surface area contributed by atoms with Crippen LogP contribution in [0.3, 0.4) is 0 Å². The zero-order valence-corrected chi connectivity index (χ0v) is 23.1. The van der Waals surface area contributed by atoms with Crippen LogP contribution in [0.25, 0.3) is 16.8 Å². The molecule has 3 heterocycles. The number of nitrogens with one attached hydrogen (secondary N) is 3. The van der Waals surface area contributed by atoms with E-state index in [1.54, 1.807) is 29.3 Å². The van der Waals surface area contributed by atoms with Crippen LogP contribution in [0.2, 0.25) is 5.02 Å². The number of aromatic amines is 1. The largest absolute Gasteiger partial charge is 0.453 e. The smallest absolute Gasteiger partial charge is 0.411 e. The summed E-state index contributed by atoms with van der Waals surface area (Å²) in [6.07, 6.45) is 4.14. The highest BCUT2D eigenvalue weighted by Crippen LogP contribution is 2.37. The van der Waals surface area contributed by atoms with E-state index in [2.05, 4.69) is 25.3 Å². The molecule has 41 heavy (non-hydrogen) atoms. The van der Waals surface area contributed by atoms with Crippen molar-refractivity contribution in [2.75, 3.05) is 24.3 Å². The molecule has 9 nitrogen and oxygen atoms in total. The number of methoxy groups -OCH3 is 1. The summed E-state index contributed by atoms with van der Waals surface area (Å²) < 4.78 is 33.8. The molecule has 214 valence electrons. The Balaban J connectivity index is 1.49. The minimum absolute atomic E-state index is 0.189. The second-order valence-corrected chi connectivity index (χ2v) is 10.5. The first kappa shape index (κ1) is 28.3. The summed E-state index contributed by atoms with van der Waals surface area (Å²) >= 11 is 5.87. The Hall–Kier alpha value is -4.25. The van der Waals surface area contributed by atoms with Gasteiger partial charge in [0.25, 0.3) is 0 Å². The number of nitrogens with zero attached hydrogens (tertiary/aromatic N) is 2. The number of fused-ring (bicyclic) bond motifs is 4. The van der Waals surface area contributed by atoms with Gasteiger partial charge in [0.15, 0.2) is 5.82 Å². The maximum atomic E-state index is 14.7. The molecule has 2 atom stereocenters. The van der Waals surface area contributed by atoms with Crippen LogP contribution in [0, 0.1) is 17.6 Å². The third-order valence-electron chi connectivity index (χ3n) is 7.42. The molecule has 0 aliphatic carbocycles. The van der Waals surface area contributed by atoms with Crippen molar-refractivity contribution >= 4 is 46.5 Å². The molecule has 3 amide bonds. The minimum atomic E-state index is -0.892. The average molecular weight is 584 g/mol. The van der Waals surface area contributed by atoms with E-state index in [0.29, 0.717) is 47.7 Å². The van der Waals surface area contributed by atoms with Crippen LogP contribution in [0.15, 0.2) is 42.6 Å². The normalized spacial score (nSPS) is 19.3. The third kappa shape index (κ3) is 5.81. The van der Waals surface area contributed by atoms with Crippen molar-refractivity contribution in [3.05, 3.63) is 70.6 Å². The summed E-state index contributed by atoms with van der Waals surface area (Å²) in [7, 11) is 1.26. The first-order chi connectivity index (χ1) is 19.7.